The minimum absolute atomic E-state index is 0.0289. The Hall–Kier alpha value is -2.86. The van der Waals surface area contributed by atoms with Crippen molar-refractivity contribution in [1.29, 1.82) is 0 Å². The van der Waals surface area contributed by atoms with Crippen molar-refractivity contribution in [2.24, 2.45) is 47.3 Å². The number of nitrogens with one attached hydrogen (secondary N) is 1. The molecule has 1 amide bonds. The first-order valence-corrected chi connectivity index (χ1v) is 16.4. The van der Waals surface area contributed by atoms with Crippen molar-refractivity contribution in [1.82, 2.24) is 5.32 Å². The van der Waals surface area contributed by atoms with Gasteiger partial charge >= 0.3 is 6.09 Å². The van der Waals surface area contributed by atoms with Crippen molar-refractivity contribution in [3.8, 4) is 11.5 Å². The Morgan fingerprint density at radius 3 is 2.22 bits per heavy atom. The fourth-order valence-electron chi connectivity index (χ4n) is 9.79. The molecular weight excluding hydrogens is 582 g/mol. The molecule has 11 atom stereocenters. The number of fused-ring (bicyclic) bond motifs is 3. The third-order valence-corrected chi connectivity index (χ3v) is 11.9. The Balaban J connectivity index is 1.12. The molecule has 45 heavy (non-hydrogen) atoms. The molecule has 0 bridgehead atoms. The number of ketones is 3. The minimum Gasteiger partial charge on any atom is -0.497 e. The molecule has 0 heterocycles. The highest BCUT2D eigenvalue weighted by molar-refractivity contribution is 6.21. The average molecular weight is 628 g/mol. The maximum absolute atomic E-state index is 13.9. The number of carbonyl (C=O) groups excluding carboxylic acids is 4. The Morgan fingerprint density at radius 1 is 0.911 bits per heavy atom. The van der Waals surface area contributed by atoms with E-state index in [9.17, 15) is 39.6 Å². The highest BCUT2D eigenvalue weighted by Gasteiger charge is 2.67. The van der Waals surface area contributed by atoms with Gasteiger partial charge in [0.15, 0.2) is 17.2 Å². The lowest BCUT2D eigenvalue weighted by atomic mass is 9.48. The van der Waals surface area contributed by atoms with Crippen LogP contribution in [-0.2, 0) is 14.4 Å². The molecule has 5 N–H and O–H groups in total. The second-order valence-electron chi connectivity index (χ2n) is 14.2. The predicted molar refractivity (Wildman–Crippen MR) is 159 cm³/mol. The number of aliphatic hydroxyl groups is 4. The van der Waals surface area contributed by atoms with Gasteiger partial charge in [-0.2, -0.15) is 0 Å². The second-order valence-corrected chi connectivity index (χ2v) is 14.2. The van der Waals surface area contributed by atoms with Crippen LogP contribution in [0.2, 0.25) is 0 Å². The zero-order valence-electron chi connectivity index (χ0n) is 25.8. The first-order valence-electron chi connectivity index (χ1n) is 16.4. The highest BCUT2D eigenvalue weighted by atomic mass is 16.6. The molecule has 0 spiro atoms. The van der Waals surface area contributed by atoms with Crippen molar-refractivity contribution in [3.63, 3.8) is 0 Å². The quantitative estimate of drug-likeness (QED) is 0.304. The molecule has 5 saturated carbocycles. The number of Topliss-reactive ketones (excluding diaryl/α,β-unsaturated/α-hetero) is 3. The van der Waals surface area contributed by atoms with Gasteiger partial charge in [0.05, 0.1) is 31.3 Å². The molecule has 11 heteroatoms. The van der Waals surface area contributed by atoms with Gasteiger partial charge < -0.3 is 35.2 Å². The molecule has 1 aromatic rings. The Morgan fingerprint density at radius 2 is 1.58 bits per heavy atom. The van der Waals surface area contributed by atoms with Crippen LogP contribution in [0.1, 0.15) is 64.7 Å². The van der Waals surface area contributed by atoms with Gasteiger partial charge in [0.1, 0.15) is 23.2 Å². The molecule has 0 aromatic heterocycles. The van der Waals surface area contributed by atoms with Gasteiger partial charge in [0, 0.05) is 24.3 Å². The second kappa shape index (κ2) is 12.4. The number of hydrogen-bond acceptors (Lipinski definition) is 10. The van der Waals surface area contributed by atoms with E-state index in [2.05, 4.69) is 5.32 Å². The molecule has 1 aromatic carbocycles. The Labute approximate surface area is 262 Å². The van der Waals surface area contributed by atoms with Crippen molar-refractivity contribution >= 4 is 23.4 Å². The van der Waals surface area contributed by atoms with E-state index in [1.165, 1.54) is 6.92 Å². The van der Waals surface area contributed by atoms with Crippen LogP contribution in [0.15, 0.2) is 24.3 Å². The number of methoxy groups -OCH3 is 1. The van der Waals surface area contributed by atoms with Gasteiger partial charge in [-0.3, -0.25) is 14.4 Å². The molecule has 8 unspecified atom stereocenters. The fraction of sp³-hybridized carbons (Fsp3) is 0.706. The van der Waals surface area contributed by atoms with E-state index in [1.54, 1.807) is 31.4 Å². The number of rotatable bonds is 5. The molecule has 5 aliphatic carbocycles. The summed E-state index contributed by atoms with van der Waals surface area (Å²) in [5.74, 6) is -4.83. The topological polar surface area (TPSA) is 180 Å². The average Bonchev–Trinajstić information content (AvgIpc) is 3.00. The van der Waals surface area contributed by atoms with E-state index in [-0.39, 0.29) is 36.6 Å². The lowest BCUT2D eigenvalue weighted by molar-refractivity contribution is -0.197. The number of ether oxygens (including phenoxy) is 2. The Kier molecular flexibility index (Phi) is 8.84. The van der Waals surface area contributed by atoms with Crippen LogP contribution in [0.4, 0.5) is 4.79 Å². The summed E-state index contributed by atoms with van der Waals surface area (Å²) in [7, 11) is 1.57. The van der Waals surface area contributed by atoms with Crippen LogP contribution in [0.25, 0.3) is 0 Å². The number of amides is 1. The number of aliphatic hydroxyl groups excluding tert-OH is 3. The lowest BCUT2D eigenvalue weighted by Gasteiger charge is -2.58. The zero-order valence-corrected chi connectivity index (χ0v) is 25.8. The van der Waals surface area contributed by atoms with Crippen LogP contribution in [0.3, 0.4) is 0 Å². The molecule has 0 radical (unpaired) electrons. The third-order valence-electron chi connectivity index (χ3n) is 11.9. The molecule has 5 aliphatic rings. The third kappa shape index (κ3) is 5.59. The van der Waals surface area contributed by atoms with Gasteiger partial charge in [-0.25, -0.2) is 4.79 Å². The summed E-state index contributed by atoms with van der Waals surface area (Å²) in [6, 6.07) is 6.75. The van der Waals surface area contributed by atoms with Gasteiger partial charge in [-0.05, 0) is 106 Å². The minimum atomic E-state index is -2.41. The van der Waals surface area contributed by atoms with E-state index in [0.29, 0.717) is 30.3 Å². The smallest absolute Gasteiger partial charge is 0.412 e. The van der Waals surface area contributed by atoms with Crippen LogP contribution in [0.5, 0.6) is 11.5 Å². The van der Waals surface area contributed by atoms with Crippen molar-refractivity contribution in [3.05, 3.63) is 24.3 Å². The van der Waals surface area contributed by atoms with E-state index in [1.807, 2.05) is 0 Å². The van der Waals surface area contributed by atoms with Crippen LogP contribution in [0, 0.1) is 47.3 Å². The summed E-state index contributed by atoms with van der Waals surface area (Å²) in [5, 5.41) is 47.4. The van der Waals surface area contributed by atoms with Gasteiger partial charge in [-0.1, -0.05) is 0 Å². The largest absolute Gasteiger partial charge is 0.497 e. The molecule has 0 aliphatic heterocycles. The van der Waals surface area contributed by atoms with Crippen LogP contribution >= 0.6 is 0 Å². The predicted octanol–water partition coefficient (Wildman–Crippen LogP) is 2.20. The van der Waals surface area contributed by atoms with E-state index < -0.39 is 71.0 Å². The summed E-state index contributed by atoms with van der Waals surface area (Å²) >= 11 is 0. The van der Waals surface area contributed by atoms with Gasteiger partial charge in [-0.15, -0.1) is 0 Å². The van der Waals surface area contributed by atoms with Crippen LogP contribution < -0.4 is 14.8 Å². The summed E-state index contributed by atoms with van der Waals surface area (Å²) in [5.41, 5.74) is -2.41. The molecule has 246 valence electrons. The van der Waals surface area contributed by atoms with Crippen LogP contribution in [-0.4, -0.2) is 80.9 Å². The maximum atomic E-state index is 13.9. The molecule has 0 saturated heterocycles. The summed E-state index contributed by atoms with van der Waals surface area (Å²) < 4.78 is 10.6. The normalized spacial score (nSPS) is 42.1. The molecule has 6 rings (SSSR count). The molecular formula is C34H45NO10. The zero-order chi connectivity index (χ0) is 32.2. The number of carbonyl (C=O) groups is 4. The monoisotopic (exact) mass is 627 g/mol. The van der Waals surface area contributed by atoms with Crippen molar-refractivity contribution < 1.29 is 49.1 Å². The summed E-state index contributed by atoms with van der Waals surface area (Å²) in [6.45, 7) is 1.30. The SMILES string of the molecule is COc1ccc(OC(=O)NC2CCC(C3CCC(O)C4C(O)C5C(=O)[C@]6(O)C(=O)C(C(C)O)C(=O)C[C@@H]6C[C@@H]5CC34)CC2)cc1. The van der Waals surface area contributed by atoms with Gasteiger partial charge in [0.2, 0.25) is 0 Å². The first-order chi connectivity index (χ1) is 21.4. The fourth-order valence-corrected chi connectivity index (χ4v) is 9.79. The lowest BCUT2D eigenvalue weighted by Crippen LogP contribution is -2.70. The molecule has 5 fully saturated rings. The number of hydrogen-bond donors (Lipinski definition) is 5. The van der Waals surface area contributed by atoms with E-state index in [4.69, 9.17) is 9.47 Å². The standard InChI is InChI=1S/C34H45NO10/c1-16(36)27-26(38)15-19-13-18-14-24-23(11-12-25(37)29(24)30(39)28(18)32(41)34(19,43)31(27)40)17-3-5-20(6-4-17)35-33(42)45-22-9-7-21(44-2)8-10-22/h7-10,16-20,23-25,27-30,36-37,39,43H,3-6,11-15H2,1-2H3,(H,35,42)/t16?,17?,18-,19+,20?,23?,24?,25?,27?,28?,29?,30?,34-/m1/s1. The highest BCUT2D eigenvalue weighted by Crippen LogP contribution is 2.57. The van der Waals surface area contributed by atoms with Crippen molar-refractivity contribution in [2.75, 3.05) is 7.11 Å². The number of benzene rings is 1. The summed E-state index contributed by atoms with van der Waals surface area (Å²) in [6.07, 6.45) is 1.37. The first kappa shape index (κ1) is 32.1. The van der Waals surface area contributed by atoms with Crippen molar-refractivity contribution in [2.45, 2.75) is 94.7 Å². The molecule has 11 nitrogen and oxygen atoms in total. The Bertz CT molecular complexity index is 1310. The van der Waals surface area contributed by atoms with Gasteiger partial charge in [0.25, 0.3) is 0 Å². The van der Waals surface area contributed by atoms with E-state index in [0.717, 1.165) is 32.1 Å². The summed E-state index contributed by atoms with van der Waals surface area (Å²) in [4.78, 5) is 52.5. The van der Waals surface area contributed by atoms with E-state index >= 15 is 0 Å². The maximum Gasteiger partial charge on any atom is 0.412 e.